The van der Waals surface area contributed by atoms with Gasteiger partial charge in [0, 0.05) is 22.9 Å². The topological polar surface area (TPSA) is 49.4 Å². The highest BCUT2D eigenvalue weighted by Gasteiger charge is 2.38. The highest BCUT2D eigenvalue weighted by molar-refractivity contribution is 6.30. The van der Waals surface area contributed by atoms with E-state index < -0.39 is 29.5 Å². The van der Waals surface area contributed by atoms with Crippen molar-refractivity contribution in [2.24, 2.45) is 5.92 Å². The molecule has 0 aromatic heterocycles. The quantitative estimate of drug-likeness (QED) is 0.802. The Kier molecular flexibility index (Phi) is 4.91. The number of rotatable bonds is 3. The summed E-state index contributed by atoms with van der Waals surface area (Å²) in [5, 5.41) is 2.93. The molecule has 0 saturated carbocycles. The van der Waals surface area contributed by atoms with Gasteiger partial charge in [0.25, 0.3) is 0 Å². The normalized spacial score (nSPS) is 17.5. The molecule has 1 saturated heterocycles. The molecule has 2 aromatic carbocycles. The van der Waals surface area contributed by atoms with Gasteiger partial charge >= 0.3 is 6.18 Å². The minimum atomic E-state index is -4.50. The Labute approximate surface area is 152 Å². The monoisotopic (exact) mass is 382 g/mol. The van der Waals surface area contributed by atoms with E-state index in [0.717, 1.165) is 12.1 Å². The van der Waals surface area contributed by atoms with Gasteiger partial charge in [0.15, 0.2) is 0 Å². The van der Waals surface area contributed by atoms with Crippen LogP contribution in [0.5, 0.6) is 0 Å². The highest BCUT2D eigenvalue weighted by Crippen LogP contribution is 2.31. The fourth-order valence-electron chi connectivity index (χ4n) is 2.80. The molecule has 1 fully saturated rings. The SMILES string of the molecule is O=C(Nc1cccc(C(F)(F)F)c1)C1CCN(c2ccc(Cl)cc2)C1=O. The summed E-state index contributed by atoms with van der Waals surface area (Å²) < 4.78 is 38.3. The first-order chi connectivity index (χ1) is 12.3. The Hall–Kier alpha value is -2.54. The van der Waals surface area contributed by atoms with Crippen LogP contribution < -0.4 is 10.2 Å². The standard InChI is InChI=1S/C18H14ClF3N2O2/c19-12-4-6-14(7-5-12)24-9-8-15(17(24)26)16(25)23-13-3-1-2-11(10-13)18(20,21)22/h1-7,10,15H,8-9H2,(H,23,25). The molecule has 3 rings (SSSR count). The molecule has 1 N–H and O–H groups in total. The fourth-order valence-corrected chi connectivity index (χ4v) is 2.93. The third-order valence-electron chi connectivity index (χ3n) is 4.12. The molecular weight excluding hydrogens is 369 g/mol. The maximum atomic E-state index is 12.8. The molecule has 8 heteroatoms. The number of anilines is 2. The lowest BCUT2D eigenvalue weighted by Gasteiger charge is -2.17. The third kappa shape index (κ3) is 3.83. The van der Waals surface area contributed by atoms with Gasteiger partial charge in [0.2, 0.25) is 11.8 Å². The van der Waals surface area contributed by atoms with E-state index in [-0.39, 0.29) is 12.1 Å². The molecular formula is C18H14ClF3N2O2. The van der Waals surface area contributed by atoms with Crippen LogP contribution in [-0.4, -0.2) is 18.4 Å². The van der Waals surface area contributed by atoms with E-state index in [0.29, 0.717) is 17.3 Å². The van der Waals surface area contributed by atoms with Crippen molar-refractivity contribution < 1.29 is 22.8 Å². The van der Waals surface area contributed by atoms with Crippen molar-refractivity contribution in [3.05, 3.63) is 59.1 Å². The number of alkyl halides is 3. The predicted octanol–water partition coefficient (Wildman–Crippen LogP) is 4.35. The number of halogens is 4. The molecule has 0 spiro atoms. The number of amides is 2. The molecule has 1 aliphatic rings. The van der Waals surface area contributed by atoms with Crippen LogP contribution in [0.3, 0.4) is 0 Å². The van der Waals surface area contributed by atoms with Gasteiger partial charge in [-0.15, -0.1) is 0 Å². The van der Waals surface area contributed by atoms with E-state index >= 15 is 0 Å². The summed E-state index contributed by atoms with van der Waals surface area (Å²) in [4.78, 5) is 26.3. The third-order valence-corrected chi connectivity index (χ3v) is 4.37. The first kappa shape index (κ1) is 18.3. The molecule has 1 atom stereocenters. The molecule has 2 aromatic rings. The van der Waals surface area contributed by atoms with Crippen LogP contribution in [0.1, 0.15) is 12.0 Å². The molecule has 136 valence electrons. The van der Waals surface area contributed by atoms with Crippen molar-refractivity contribution in [2.45, 2.75) is 12.6 Å². The van der Waals surface area contributed by atoms with Crippen molar-refractivity contribution in [2.75, 3.05) is 16.8 Å². The smallest absolute Gasteiger partial charge is 0.325 e. The summed E-state index contributed by atoms with van der Waals surface area (Å²) in [5.74, 6) is -1.96. The van der Waals surface area contributed by atoms with Crippen LogP contribution in [0.15, 0.2) is 48.5 Å². The van der Waals surface area contributed by atoms with Gasteiger partial charge in [-0.25, -0.2) is 0 Å². The first-order valence-electron chi connectivity index (χ1n) is 7.81. The Morgan fingerprint density at radius 1 is 1.15 bits per heavy atom. The molecule has 0 aliphatic carbocycles. The number of carbonyl (C=O) groups is 2. The largest absolute Gasteiger partial charge is 0.416 e. The minimum absolute atomic E-state index is 0.00238. The average molecular weight is 383 g/mol. The Morgan fingerprint density at radius 3 is 2.50 bits per heavy atom. The van der Waals surface area contributed by atoms with Crippen molar-refractivity contribution in [1.29, 1.82) is 0 Å². The van der Waals surface area contributed by atoms with Crippen LogP contribution >= 0.6 is 11.6 Å². The van der Waals surface area contributed by atoms with Crippen molar-refractivity contribution >= 4 is 34.8 Å². The number of hydrogen-bond donors (Lipinski definition) is 1. The molecule has 2 amide bonds. The van der Waals surface area contributed by atoms with Crippen molar-refractivity contribution in [3.63, 3.8) is 0 Å². The van der Waals surface area contributed by atoms with E-state index in [1.807, 2.05) is 0 Å². The van der Waals surface area contributed by atoms with Gasteiger partial charge in [-0.2, -0.15) is 13.2 Å². The van der Waals surface area contributed by atoms with Crippen LogP contribution in [-0.2, 0) is 15.8 Å². The second-order valence-electron chi connectivity index (χ2n) is 5.88. The van der Waals surface area contributed by atoms with Gasteiger partial charge < -0.3 is 10.2 Å². The summed E-state index contributed by atoms with van der Waals surface area (Å²) in [6.45, 7) is 0.348. The summed E-state index contributed by atoms with van der Waals surface area (Å²) >= 11 is 5.82. The zero-order valence-electron chi connectivity index (χ0n) is 13.4. The average Bonchev–Trinajstić information content (AvgIpc) is 2.97. The summed E-state index contributed by atoms with van der Waals surface area (Å²) in [6.07, 6.45) is -4.22. The fraction of sp³-hybridized carbons (Fsp3) is 0.222. The maximum absolute atomic E-state index is 12.8. The lowest BCUT2D eigenvalue weighted by atomic mass is 10.1. The van der Waals surface area contributed by atoms with Gasteiger partial charge in [-0.3, -0.25) is 9.59 Å². The minimum Gasteiger partial charge on any atom is -0.325 e. The number of hydrogen-bond acceptors (Lipinski definition) is 2. The van der Waals surface area contributed by atoms with Crippen LogP contribution in [0.2, 0.25) is 5.02 Å². The highest BCUT2D eigenvalue weighted by atomic mass is 35.5. The summed E-state index contributed by atoms with van der Waals surface area (Å²) in [6, 6.07) is 10.9. The van der Waals surface area contributed by atoms with Gasteiger partial charge in [-0.05, 0) is 48.9 Å². The van der Waals surface area contributed by atoms with Gasteiger partial charge in [-0.1, -0.05) is 17.7 Å². The molecule has 0 bridgehead atoms. The summed E-state index contributed by atoms with van der Waals surface area (Å²) in [7, 11) is 0. The molecule has 1 unspecified atom stereocenters. The van der Waals surface area contributed by atoms with E-state index in [1.165, 1.54) is 17.0 Å². The Morgan fingerprint density at radius 2 is 1.85 bits per heavy atom. The van der Waals surface area contributed by atoms with Crippen LogP contribution in [0, 0.1) is 5.92 Å². The molecule has 4 nitrogen and oxygen atoms in total. The Bertz CT molecular complexity index is 837. The molecule has 26 heavy (non-hydrogen) atoms. The molecule has 1 heterocycles. The lowest BCUT2D eigenvalue weighted by Crippen LogP contribution is -2.33. The van der Waals surface area contributed by atoms with Crippen LogP contribution in [0.25, 0.3) is 0 Å². The van der Waals surface area contributed by atoms with E-state index in [9.17, 15) is 22.8 Å². The van der Waals surface area contributed by atoms with E-state index in [1.54, 1.807) is 24.3 Å². The Balaban J connectivity index is 1.71. The van der Waals surface area contributed by atoms with Crippen LogP contribution in [0.4, 0.5) is 24.5 Å². The van der Waals surface area contributed by atoms with E-state index in [4.69, 9.17) is 11.6 Å². The second-order valence-corrected chi connectivity index (χ2v) is 6.31. The zero-order chi connectivity index (χ0) is 18.9. The van der Waals surface area contributed by atoms with Gasteiger partial charge in [0.05, 0.1) is 5.56 Å². The predicted molar refractivity (Wildman–Crippen MR) is 92.0 cm³/mol. The zero-order valence-corrected chi connectivity index (χ0v) is 14.1. The lowest BCUT2D eigenvalue weighted by molar-refractivity contribution is -0.137. The van der Waals surface area contributed by atoms with Crippen molar-refractivity contribution in [3.8, 4) is 0 Å². The maximum Gasteiger partial charge on any atom is 0.416 e. The number of nitrogens with one attached hydrogen (secondary N) is 1. The first-order valence-corrected chi connectivity index (χ1v) is 8.18. The molecule has 1 aliphatic heterocycles. The number of nitrogens with zero attached hydrogens (tertiary/aromatic N) is 1. The summed E-state index contributed by atoms with van der Waals surface area (Å²) in [5.41, 5.74) is -0.243. The second kappa shape index (κ2) is 6.99. The number of carbonyl (C=O) groups excluding carboxylic acids is 2. The van der Waals surface area contributed by atoms with E-state index in [2.05, 4.69) is 5.32 Å². The van der Waals surface area contributed by atoms with Gasteiger partial charge in [0.1, 0.15) is 5.92 Å². The number of benzene rings is 2. The van der Waals surface area contributed by atoms with Crippen molar-refractivity contribution in [1.82, 2.24) is 0 Å². The molecule has 0 radical (unpaired) electrons.